The third-order valence-electron chi connectivity index (χ3n) is 2.57. The third-order valence-corrected chi connectivity index (χ3v) is 3.27. The van der Waals surface area contributed by atoms with Gasteiger partial charge in [0, 0.05) is 16.6 Å². The number of carbonyl (C=O) groups is 1. The maximum Gasteiger partial charge on any atom is 0.252 e. The molecule has 1 aromatic carbocycles. The molecule has 1 saturated carbocycles. The van der Waals surface area contributed by atoms with E-state index >= 15 is 0 Å². The molecule has 1 fully saturated rings. The summed E-state index contributed by atoms with van der Waals surface area (Å²) in [5, 5.41) is 2.86. The Kier molecular flexibility index (Phi) is 3.16. The lowest BCUT2D eigenvalue weighted by molar-refractivity contribution is 0.0949. The summed E-state index contributed by atoms with van der Waals surface area (Å²) in [6.07, 6.45) is 0.854. The van der Waals surface area contributed by atoms with E-state index in [1.807, 2.05) is 0 Å². The molecule has 2 atom stereocenters. The van der Waals surface area contributed by atoms with Gasteiger partial charge in [0.25, 0.3) is 5.91 Å². The van der Waals surface area contributed by atoms with Crippen molar-refractivity contribution >= 4 is 21.8 Å². The van der Waals surface area contributed by atoms with Crippen LogP contribution in [-0.2, 0) is 0 Å². The van der Waals surface area contributed by atoms with Crippen LogP contribution in [0.25, 0.3) is 0 Å². The first-order valence-electron chi connectivity index (χ1n) is 5.02. The predicted molar refractivity (Wildman–Crippen MR) is 64.5 cm³/mol. The van der Waals surface area contributed by atoms with Crippen LogP contribution in [-0.4, -0.2) is 25.1 Å². The molecule has 5 heteroatoms. The Morgan fingerprint density at radius 1 is 1.62 bits per heavy atom. The van der Waals surface area contributed by atoms with Gasteiger partial charge in [-0.25, -0.2) is 0 Å². The lowest BCUT2D eigenvalue weighted by Crippen LogP contribution is -2.29. The zero-order valence-corrected chi connectivity index (χ0v) is 10.5. The van der Waals surface area contributed by atoms with Crippen LogP contribution < -0.4 is 15.8 Å². The highest BCUT2D eigenvalue weighted by Gasteiger charge is 2.35. The van der Waals surface area contributed by atoms with Crippen LogP contribution in [0.5, 0.6) is 5.75 Å². The molecule has 0 saturated heterocycles. The van der Waals surface area contributed by atoms with Gasteiger partial charge in [0.1, 0.15) is 5.75 Å². The van der Waals surface area contributed by atoms with Crippen LogP contribution in [0.1, 0.15) is 16.8 Å². The van der Waals surface area contributed by atoms with Gasteiger partial charge in [-0.2, -0.15) is 0 Å². The standard InChI is InChI=1S/C11H13BrN2O2/c1-16-6-2-3-8(12)7(4-6)11(15)14-10-5-9(10)13/h2-4,9-10H,5,13H2,1H3,(H,14,15). The topological polar surface area (TPSA) is 64.3 Å². The fourth-order valence-corrected chi connectivity index (χ4v) is 1.86. The number of nitrogens with one attached hydrogen (secondary N) is 1. The lowest BCUT2D eigenvalue weighted by atomic mass is 10.2. The van der Waals surface area contributed by atoms with Gasteiger partial charge in [-0.1, -0.05) is 0 Å². The van der Waals surface area contributed by atoms with Crippen molar-refractivity contribution < 1.29 is 9.53 Å². The van der Waals surface area contributed by atoms with E-state index in [4.69, 9.17) is 10.5 Å². The summed E-state index contributed by atoms with van der Waals surface area (Å²) in [6, 6.07) is 5.51. The second-order valence-corrected chi connectivity index (χ2v) is 4.68. The Balaban J connectivity index is 2.14. The lowest BCUT2D eigenvalue weighted by Gasteiger charge is -2.07. The first kappa shape index (κ1) is 11.4. The Labute approximate surface area is 102 Å². The molecule has 0 aromatic heterocycles. The molecule has 1 aliphatic rings. The fourth-order valence-electron chi connectivity index (χ4n) is 1.43. The van der Waals surface area contributed by atoms with Gasteiger partial charge in [-0.15, -0.1) is 0 Å². The van der Waals surface area contributed by atoms with Crippen LogP contribution in [0.4, 0.5) is 0 Å². The van der Waals surface area contributed by atoms with E-state index in [1.54, 1.807) is 25.3 Å². The summed E-state index contributed by atoms with van der Waals surface area (Å²) in [6.45, 7) is 0. The van der Waals surface area contributed by atoms with Crippen molar-refractivity contribution in [3.8, 4) is 5.75 Å². The molecule has 1 amide bonds. The normalized spacial score (nSPS) is 22.7. The van der Waals surface area contributed by atoms with Gasteiger partial charge in [-0.05, 0) is 40.5 Å². The van der Waals surface area contributed by atoms with E-state index in [0.717, 1.165) is 10.9 Å². The highest BCUT2D eigenvalue weighted by atomic mass is 79.9. The van der Waals surface area contributed by atoms with Crippen LogP contribution in [0, 0.1) is 0 Å². The van der Waals surface area contributed by atoms with Crippen molar-refractivity contribution in [1.29, 1.82) is 0 Å². The van der Waals surface area contributed by atoms with Gasteiger partial charge in [0.05, 0.1) is 12.7 Å². The maximum absolute atomic E-state index is 11.9. The smallest absolute Gasteiger partial charge is 0.252 e. The SMILES string of the molecule is COc1ccc(Br)c(C(=O)NC2CC2N)c1. The molecule has 16 heavy (non-hydrogen) atoms. The number of halogens is 1. The molecular weight excluding hydrogens is 272 g/mol. The minimum atomic E-state index is -0.122. The largest absolute Gasteiger partial charge is 0.497 e. The molecule has 0 spiro atoms. The van der Waals surface area contributed by atoms with Crippen LogP contribution in [0.15, 0.2) is 22.7 Å². The number of hydrogen-bond donors (Lipinski definition) is 2. The van der Waals surface area contributed by atoms with Crippen molar-refractivity contribution in [2.24, 2.45) is 5.73 Å². The van der Waals surface area contributed by atoms with Gasteiger partial charge >= 0.3 is 0 Å². The summed E-state index contributed by atoms with van der Waals surface area (Å²) >= 11 is 3.34. The maximum atomic E-state index is 11.9. The van der Waals surface area contributed by atoms with Crippen molar-refractivity contribution in [2.45, 2.75) is 18.5 Å². The molecule has 0 heterocycles. The second-order valence-electron chi connectivity index (χ2n) is 3.83. The molecule has 86 valence electrons. The average Bonchev–Trinajstić information content (AvgIpc) is 2.94. The Morgan fingerprint density at radius 3 is 2.88 bits per heavy atom. The first-order chi connectivity index (χ1) is 7.61. The Bertz CT molecular complexity index is 422. The fraction of sp³-hybridized carbons (Fsp3) is 0.364. The predicted octanol–water partition coefficient (Wildman–Crippen LogP) is 1.29. The summed E-state index contributed by atoms with van der Waals surface area (Å²) in [7, 11) is 1.57. The number of nitrogens with two attached hydrogens (primary N) is 1. The Morgan fingerprint density at radius 2 is 2.31 bits per heavy atom. The summed E-state index contributed by atoms with van der Waals surface area (Å²) < 4.78 is 5.83. The first-order valence-corrected chi connectivity index (χ1v) is 5.81. The summed E-state index contributed by atoms with van der Waals surface area (Å²) in [5.74, 6) is 0.539. The molecule has 0 aliphatic heterocycles. The minimum absolute atomic E-state index is 0.105. The molecule has 1 aliphatic carbocycles. The molecule has 2 rings (SSSR count). The molecule has 0 bridgehead atoms. The summed E-state index contributed by atoms with van der Waals surface area (Å²) in [5.41, 5.74) is 6.20. The van der Waals surface area contributed by atoms with Crippen molar-refractivity contribution in [2.75, 3.05) is 7.11 Å². The zero-order valence-electron chi connectivity index (χ0n) is 8.87. The Hall–Kier alpha value is -1.07. The third kappa shape index (κ3) is 2.36. The van der Waals surface area contributed by atoms with Crippen LogP contribution in [0.3, 0.4) is 0 Å². The second kappa shape index (κ2) is 4.43. The monoisotopic (exact) mass is 284 g/mol. The molecule has 3 N–H and O–H groups in total. The average molecular weight is 285 g/mol. The zero-order chi connectivity index (χ0) is 11.7. The highest BCUT2D eigenvalue weighted by Crippen LogP contribution is 2.24. The number of ether oxygens (including phenoxy) is 1. The summed E-state index contributed by atoms with van der Waals surface area (Å²) in [4.78, 5) is 11.9. The van der Waals surface area contributed by atoms with Crippen LogP contribution in [0.2, 0.25) is 0 Å². The highest BCUT2D eigenvalue weighted by molar-refractivity contribution is 9.10. The molecule has 1 aromatic rings. The van der Waals surface area contributed by atoms with Crippen molar-refractivity contribution in [3.05, 3.63) is 28.2 Å². The number of rotatable bonds is 3. The van der Waals surface area contributed by atoms with E-state index < -0.39 is 0 Å². The van der Waals surface area contributed by atoms with E-state index in [2.05, 4.69) is 21.2 Å². The quantitative estimate of drug-likeness (QED) is 0.879. The van der Waals surface area contributed by atoms with E-state index in [9.17, 15) is 4.79 Å². The van der Waals surface area contributed by atoms with Gasteiger partial charge in [0.15, 0.2) is 0 Å². The van der Waals surface area contributed by atoms with Crippen molar-refractivity contribution in [3.63, 3.8) is 0 Å². The van der Waals surface area contributed by atoms with Crippen molar-refractivity contribution in [1.82, 2.24) is 5.32 Å². The molecular formula is C11H13BrN2O2. The van der Waals surface area contributed by atoms with E-state index in [1.165, 1.54) is 0 Å². The number of benzene rings is 1. The van der Waals surface area contributed by atoms with Gasteiger partial charge in [-0.3, -0.25) is 4.79 Å². The molecule has 2 unspecified atom stereocenters. The van der Waals surface area contributed by atoms with Gasteiger partial charge < -0.3 is 15.8 Å². The van der Waals surface area contributed by atoms with E-state index in [-0.39, 0.29) is 18.0 Å². The number of carbonyl (C=O) groups excluding carboxylic acids is 1. The number of methoxy groups -OCH3 is 1. The molecule has 0 radical (unpaired) electrons. The van der Waals surface area contributed by atoms with Crippen LogP contribution >= 0.6 is 15.9 Å². The van der Waals surface area contributed by atoms with Gasteiger partial charge in [0.2, 0.25) is 0 Å². The molecule has 4 nitrogen and oxygen atoms in total. The number of amides is 1. The van der Waals surface area contributed by atoms with E-state index in [0.29, 0.717) is 11.3 Å². The number of hydrogen-bond acceptors (Lipinski definition) is 3. The minimum Gasteiger partial charge on any atom is -0.497 e.